The van der Waals surface area contributed by atoms with Crippen LogP contribution in [0.15, 0.2) is 107 Å². The first-order valence-corrected chi connectivity index (χ1v) is 12.9. The molecule has 1 heterocycles. The first kappa shape index (κ1) is 25.2. The summed E-state index contributed by atoms with van der Waals surface area (Å²) in [5, 5.41) is 0. The molecule has 1 amide bonds. The molecule has 5 aromatic rings. The number of halogens is 3. The Morgan fingerprint density at radius 1 is 0.816 bits per heavy atom. The van der Waals surface area contributed by atoms with Crippen LogP contribution >= 0.6 is 0 Å². The number of primary amides is 1. The standard InChI is InChI=1S/C28H20F3N3O3S/c29-28(30,31)27-33-25-22(34(27)17-18-11-13-20(14-12-18)19-7-3-1-4-8-19)15-16-23(24(25)26(32)35)38(36,37)21-9-5-2-6-10-21/h1-16H,17H2,(H2,32,35). The molecule has 192 valence electrons. The van der Waals surface area contributed by atoms with Gasteiger partial charge in [-0.2, -0.15) is 13.2 Å². The topological polar surface area (TPSA) is 95.1 Å². The molecule has 5 rings (SSSR count). The van der Waals surface area contributed by atoms with E-state index in [9.17, 15) is 26.4 Å². The Kier molecular flexibility index (Phi) is 6.28. The van der Waals surface area contributed by atoms with E-state index in [1.807, 2.05) is 30.3 Å². The molecule has 6 nitrogen and oxygen atoms in total. The zero-order valence-corrected chi connectivity index (χ0v) is 20.5. The van der Waals surface area contributed by atoms with Crippen LogP contribution in [0.4, 0.5) is 13.2 Å². The van der Waals surface area contributed by atoms with Crippen molar-refractivity contribution >= 4 is 26.8 Å². The second-order valence-electron chi connectivity index (χ2n) is 8.57. The summed E-state index contributed by atoms with van der Waals surface area (Å²) in [4.78, 5) is 15.5. The van der Waals surface area contributed by atoms with E-state index < -0.39 is 43.7 Å². The van der Waals surface area contributed by atoms with E-state index in [1.165, 1.54) is 30.3 Å². The lowest BCUT2D eigenvalue weighted by molar-refractivity contribution is -0.146. The van der Waals surface area contributed by atoms with E-state index in [2.05, 4.69) is 4.98 Å². The van der Waals surface area contributed by atoms with E-state index in [0.717, 1.165) is 21.8 Å². The lowest BCUT2D eigenvalue weighted by Crippen LogP contribution is -2.17. The molecule has 10 heteroatoms. The fourth-order valence-corrected chi connectivity index (χ4v) is 5.84. The van der Waals surface area contributed by atoms with Crippen LogP contribution in [0.5, 0.6) is 0 Å². The molecule has 0 atom stereocenters. The molecule has 38 heavy (non-hydrogen) atoms. The van der Waals surface area contributed by atoms with E-state index in [0.29, 0.717) is 5.56 Å². The van der Waals surface area contributed by atoms with Gasteiger partial charge in [-0.25, -0.2) is 13.4 Å². The van der Waals surface area contributed by atoms with Crippen LogP contribution in [0.2, 0.25) is 0 Å². The Bertz CT molecular complexity index is 1750. The Morgan fingerprint density at radius 3 is 1.97 bits per heavy atom. The molecule has 0 unspecified atom stereocenters. The largest absolute Gasteiger partial charge is 0.449 e. The maximum absolute atomic E-state index is 14.1. The van der Waals surface area contributed by atoms with Crippen molar-refractivity contribution in [1.82, 2.24) is 9.55 Å². The van der Waals surface area contributed by atoms with E-state index in [1.54, 1.807) is 30.3 Å². The maximum atomic E-state index is 14.1. The molecule has 0 saturated carbocycles. The van der Waals surface area contributed by atoms with Crippen LogP contribution in [-0.4, -0.2) is 23.9 Å². The number of alkyl halides is 3. The number of fused-ring (bicyclic) bond motifs is 1. The molecular weight excluding hydrogens is 515 g/mol. The number of carbonyl (C=O) groups excluding carboxylic acids is 1. The van der Waals surface area contributed by atoms with Gasteiger partial charge in [0.05, 0.1) is 20.9 Å². The summed E-state index contributed by atoms with van der Waals surface area (Å²) < 4.78 is 69.7. The summed E-state index contributed by atoms with van der Waals surface area (Å²) in [6, 6.07) is 26.1. The van der Waals surface area contributed by atoms with E-state index in [-0.39, 0.29) is 17.0 Å². The Morgan fingerprint density at radius 2 is 1.39 bits per heavy atom. The molecule has 0 saturated heterocycles. The number of nitrogens with two attached hydrogens (primary N) is 1. The SMILES string of the molecule is NC(=O)c1c(S(=O)(=O)c2ccccc2)ccc2c1nc(C(F)(F)F)n2Cc1ccc(-c2ccccc2)cc1. The lowest BCUT2D eigenvalue weighted by atomic mass is 10.0. The fourth-order valence-electron chi connectivity index (χ4n) is 4.35. The predicted molar refractivity (Wildman–Crippen MR) is 136 cm³/mol. The molecule has 0 fully saturated rings. The van der Waals surface area contributed by atoms with Gasteiger partial charge in [-0.1, -0.05) is 72.8 Å². The minimum Gasteiger partial charge on any atom is -0.365 e. The number of hydrogen-bond donors (Lipinski definition) is 1. The van der Waals surface area contributed by atoms with Crippen LogP contribution in [0.25, 0.3) is 22.2 Å². The smallest absolute Gasteiger partial charge is 0.365 e. The second kappa shape index (κ2) is 9.46. The number of aromatic nitrogens is 2. The minimum absolute atomic E-state index is 0.0646. The van der Waals surface area contributed by atoms with Crippen LogP contribution in [0.1, 0.15) is 21.7 Å². The number of hydrogen-bond acceptors (Lipinski definition) is 4. The van der Waals surface area contributed by atoms with Crippen molar-refractivity contribution < 1.29 is 26.4 Å². The minimum atomic E-state index is -4.88. The van der Waals surface area contributed by atoms with Crippen LogP contribution < -0.4 is 5.73 Å². The molecule has 0 radical (unpaired) electrons. The number of nitrogens with zero attached hydrogens (tertiary/aromatic N) is 2. The summed E-state index contributed by atoms with van der Waals surface area (Å²) in [6.45, 7) is -0.219. The van der Waals surface area contributed by atoms with Crippen LogP contribution in [0.3, 0.4) is 0 Å². The van der Waals surface area contributed by atoms with E-state index >= 15 is 0 Å². The first-order valence-electron chi connectivity index (χ1n) is 11.4. The summed E-state index contributed by atoms with van der Waals surface area (Å²) >= 11 is 0. The van der Waals surface area contributed by atoms with Crippen molar-refractivity contribution in [1.29, 1.82) is 0 Å². The quantitative estimate of drug-likeness (QED) is 0.302. The second-order valence-corrected chi connectivity index (χ2v) is 10.5. The molecular formula is C28H20F3N3O3S. The highest BCUT2D eigenvalue weighted by atomic mass is 32.2. The van der Waals surface area contributed by atoms with Crippen molar-refractivity contribution in [3.05, 3.63) is 114 Å². The van der Waals surface area contributed by atoms with Gasteiger partial charge >= 0.3 is 6.18 Å². The molecule has 1 aromatic heterocycles. The normalized spacial score (nSPS) is 12.1. The predicted octanol–water partition coefficient (Wildman–Crippen LogP) is 5.70. The van der Waals surface area contributed by atoms with Crippen molar-refractivity contribution in [3.8, 4) is 11.1 Å². The number of benzene rings is 4. The molecule has 4 aromatic carbocycles. The zero-order valence-electron chi connectivity index (χ0n) is 19.7. The van der Waals surface area contributed by atoms with Gasteiger partial charge < -0.3 is 10.3 Å². The highest BCUT2D eigenvalue weighted by molar-refractivity contribution is 7.91. The van der Waals surface area contributed by atoms with Crippen LogP contribution in [0, 0.1) is 0 Å². The van der Waals surface area contributed by atoms with Gasteiger partial charge in [-0.3, -0.25) is 4.79 Å². The van der Waals surface area contributed by atoms with Gasteiger partial charge in [-0.15, -0.1) is 0 Å². The van der Waals surface area contributed by atoms with E-state index in [4.69, 9.17) is 5.73 Å². The third-order valence-electron chi connectivity index (χ3n) is 6.13. The summed E-state index contributed by atoms with van der Waals surface area (Å²) in [6.07, 6.45) is -4.88. The average Bonchev–Trinajstić information content (AvgIpc) is 3.28. The number of sulfone groups is 1. The highest BCUT2D eigenvalue weighted by Crippen LogP contribution is 2.36. The van der Waals surface area contributed by atoms with Gasteiger partial charge in [0.2, 0.25) is 15.7 Å². The van der Waals surface area contributed by atoms with Crippen molar-refractivity contribution in [2.24, 2.45) is 5.73 Å². The molecule has 0 aliphatic heterocycles. The van der Waals surface area contributed by atoms with Crippen molar-refractivity contribution in [2.75, 3.05) is 0 Å². The number of rotatable bonds is 6. The molecule has 0 aliphatic carbocycles. The van der Waals surface area contributed by atoms with Gasteiger partial charge in [0.15, 0.2) is 0 Å². The highest BCUT2D eigenvalue weighted by Gasteiger charge is 2.39. The zero-order chi connectivity index (χ0) is 27.1. The molecule has 0 bridgehead atoms. The molecule has 2 N–H and O–H groups in total. The van der Waals surface area contributed by atoms with Gasteiger partial charge in [0.1, 0.15) is 5.52 Å². The number of amides is 1. The lowest BCUT2D eigenvalue weighted by Gasteiger charge is -2.13. The van der Waals surface area contributed by atoms with Gasteiger partial charge in [-0.05, 0) is 41.0 Å². The fraction of sp³-hybridized carbons (Fsp3) is 0.0714. The summed E-state index contributed by atoms with van der Waals surface area (Å²) in [7, 11) is -4.27. The van der Waals surface area contributed by atoms with Gasteiger partial charge in [0, 0.05) is 6.54 Å². The Balaban J connectivity index is 1.66. The number of carbonyl (C=O) groups is 1. The third-order valence-corrected chi connectivity index (χ3v) is 7.94. The summed E-state index contributed by atoms with van der Waals surface area (Å²) in [5.74, 6) is -2.47. The maximum Gasteiger partial charge on any atom is 0.449 e. The Hall–Kier alpha value is -4.44. The van der Waals surface area contributed by atoms with Crippen LogP contribution in [-0.2, 0) is 22.6 Å². The van der Waals surface area contributed by atoms with Gasteiger partial charge in [0.25, 0.3) is 5.91 Å². The summed E-state index contributed by atoms with van der Waals surface area (Å²) in [5.41, 5.74) is 6.84. The average molecular weight is 536 g/mol. The molecule has 0 aliphatic rings. The monoisotopic (exact) mass is 535 g/mol. The molecule has 0 spiro atoms. The number of imidazole rings is 1. The first-order chi connectivity index (χ1) is 18.1. The van der Waals surface area contributed by atoms with Crippen molar-refractivity contribution in [3.63, 3.8) is 0 Å². The third kappa shape index (κ3) is 4.54. The van der Waals surface area contributed by atoms with Crippen molar-refractivity contribution in [2.45, 2.75) is 22.5 Å². The Labute approximate surface area is 216 Å².